The predicted molar refractivity (Wildman–Crippen MR) is 111 cm³/mol. The van der Waals surface area contributed by atoms with Crippen molar-refractivity contribution in [2.75, 3.05) is 0 Å². The fraction of sp³-hybridized carbons (Fsp3) is 0.0476. The molecule has 0 unspecified atom stereocenters. The number of carbonyl (C=O) groups is 1. The number of carboxylic acids is 1. The first-order chi connectivity index (χ1) is 12.7. The van der Waals surface area contributed by atoms with Crippen molar-refractivity contribution in [2.24, 2.45) is 5.73 Å². The average molecular weight is 380 g/mol. The van der Waals surface area contributed by atoms with E-state index in [4.69, 9.17) is 5.73 Å². The molecule has 0 spiro atoms. The molecule has 0 aliphatic rings. The van der Waals surface area contributed by atoms with Gasteiger partial charge in [0.1, 0.15) is 0 Å². The summed E-state index contributed by atoms with van der Waals surface area (Å²) >= 11 is 0. The van der Waals surface area contributed by atoms with Crippen LogP contribution in [0.25, 0.3) is 33.8 Å². The third-order valence-electron chi connectivity index (χ3n) is 4.44. The van der Waals surface area contributed by atoms with Crippen molar-refractivity contribution in [2.45, 2.75) is 6.54 Å². The van der Waals surface area contributed by atoms with Crippen molar-refractivity contribution in [1.82, 2.24) is 9.97 Å². The number of nitrogens with two attached hydrogens (primary N) is 1. The molecule has 0 saturated heterocycles. The van der Waals surface area contributed by atoms with Gasteiger partial charge in [-0.1, -0.05) is 48.5 Å². The van der Waals surface area contributed by atoms with E-state index in [0.717, 1.165) is 27.5 Å². The average Bonchev–Trinajstić information content (AvgIpc) is 3.06. The number of hydrogen-bond acceptors (Lipinski definition) is 3. The molecule has 0 aliphatic heterocycles. The lowest BCUT2D eigenvalue weighted by Crippen LogP contribution is -2.05. The van der Waals surface area contributed by atoms with Crippen LogP contribution in [0.15, 0.2) is 54.7 Å². The third kappa shape index (κ3) is 3.43. The van der Waals surface area contributed by atoms with E-state index in [1.807, 2.05) is 54.6 Å². The van der Waals surface area contributed by atoms with Crippen molar-refractivity contribution < 1.29 is 9.90 Å². The van der Waals surface area contributed by atoms with Crippen molar-refractivity contribution >= 4 is 52.2 Å². The zero-order valence-electron chi connectivity index (χ0n) is 14.3. The molecule has 0 amide bonds. The maximum atomic E-state index is 11.6. The Morgan fingerprint density at radius 1 is 1.11 bits per heavy atom. The van der Waals surface area contributed by atoms with Gasteiger partial charge in [-0.15, -0.1) is 12.4 Å². The molecule has 0 atom stereocenters. The number of pyridine rings is 1. The Balaban J connectivity index is 0.00000210. The highest BCUT2D eigenvalue weighted by atomic mass is 35.5. The van der Waals surface area contributed by atoms with Gasteiger partial charge in [-0.2, -0.15) is 0 Å². The van der Waals surface area contributed by atoms with Gasteiger partial charge in [0.15, 0.2) is 0 Å². The summed E-state index contributed by atoms with van der Waals surface area (Å²) in [5, 5.41) is 12.0. The molecule has 5 nitrogen and oxygen atoms in total. The Morgan fingerprint density at radius 3 is 2.59 bits per heavy atom. The van der Waals surface area contributed by atoms with E-state index in [9.17, 15) is 9.90 Å². The fourth-order valence-electron chi connectivity index (χ4n) is 3.19. The second-order valence-electron chi connectivity index (χ2n) is 6.05. The molecular formula is C21H18ClN3O2. The second-order valence-corrected chi connectivity index (χ2v) is 6.05. The summed E-state index contributed by atoms with van der Waals surface area (Å²) in [6.45, 7) is 0.143. The third-order valence-corrected chi connectivity index (χ3v) is 4.44. The van der Waals surface area contributed by atoms with E-state index in [2.05, 4.69) is 9.97 Å². The minimum Gasteiger partial charge on any atom is -0.478 e. The summed E-state index contributed by atoms with van der Waals surface area (Å²) in [6.07, 6.45) is 5.73. The molecule has 4 N–H and O–H groups in total. The number of benzene rings is 2. The summed E-state index contributed by atoms with van der Waals surface area (Å²) in [7, 11) is 0. The number of halogens is 1. The first-order valence-corrected chi connectivity index (χ1v) is 8.27. The second kappa shape index (κ2) is 7.61. The summed E-state index contributed by atoms with van der Waals surface area (Å²) in [4.78, 5) is 19.3. The Bertz CT molecular complexity index is 1150. The highest BCUT2D eigenvalue weighted by Crippen LogP contribution is 2.30. The number of H-pyrrole nitrogens is 1. The van der Waals surface area contributed by atoms with E-state index in [0.29, 0.717) is 11.1 Å². The lowest BCUT2D eigenvalue weighted by Gasteiger charge is -2.02. The maximum absolute atomic E-state index is 11.6. The van der Waals surface area contributed by atoms with Crippen LogP contribution in [0.2, 0.25) is 0 Å². The monoisotopic (exact) mass is 379 g/mol. The van der Waals surface area contributed by atoms with E-state index < -0.39 is 5.97 Å². The predicted octanol–water partition coefficient (Wildman–Crippen LogP) is 4.47. The topological polar surface area (TPSA) is 92.0 Å². The molecule has 0 saturated carbocycles. The zero-order valence-corrected chi connectivity index (χ0v) is 15.2. The lowest BCUT2D eigenvalue weighted by atomic mass is 10.1. The number of nitrogens with one attached hydrogen (secondary N) is 1. The molecule has 6 heteroatoms. The number of carboxylic acid groups (broad SMARTS) is 1. The van der Waals surface area contributed by atoms with Gasteiger partial charge < -0.3 is 15.8 Å². The molecular weight excluding hydrogens is 362 g/mol. The van der Waals surface area contributed by atoms with Crippen LogP contribution in [-0.2, 0) is 6.54 Å². The molecule has 0 aliphatic carbocycles. The molecule has 0 bridgehead atoms. The number of aromatic carboxylic acids is 1. The van der Waals surface area contributed by atoms with Gasteiger partial charge in [0, 0.05) is 34.6 Å². The van der Waals surface area contributed by atoms with E-state index in [-0.39, 0.29) is 24.5 Å². The fourth-order valence-corrected chi connectivity index (χ4v) is 3.19. The summed E-state index contributed by atoms with van der Waals surface area (Å²) < 4.78 is 0. The molecule has 0 radical (unpaired) electrons. The molecule has 136 valence electrons. The minimum atomic E-state index is -0.977. The molecule has 0 fully saturated rings. The smallest absolute Gasteiger partial charge is 0.338 e. The first-order valence-electron chi connectivity index (χ1n) is 8.27. The minimum absolute atomic E-state index is 0. The van der Waals surface area contributed by atoms with Gasteiger partial charge in [0.25, 0.3) is 0 Å². The summed E-state index contributed by atoms with van der Waals surface area (Å²) in [5.41, 5.74) is 9.15. The molecule has 27 heavy (non-hydrogen) atoms. The molecule has 2 aromatic heterocycles. The number of aromatic nitrogens is 2. The maximum Gasteiger partial charge on any atom is 0.338 e. The van der Waals surface area contributed by atoms with Gasteiger partial charge in [-0.25, -0.2) is 4.79 Å². The van der Waals surface area contributed by atoms with Crippen LogP contribution >= 0.6 is 12.4 Å². The van der Waals surface area contributed by atoms with Gasteiger partial charge in [-0.05, 0) is 17.7 Å². The number of aromatic amines is 1. The summed E-state index contributed by atoms with van der Waals surface area (Å²) in [6, 6.07) is 15.6. The summed E-state index contributed by atoms with van der Waals surface area (Å²) in [5.74, 6) is -0.977. The SMILES string of the molecule is Cl.NCc1[nH]c2c(ccc3cnc(C=Cc4ccccc4)cc32)c1C(=O)O. The van der Waals surface area contributed by atoms with E-state index in [1.165, 1.54) is 0 Å². The molecule has 2 aromatic carbocycles. The van der Waals surface area contributed by atoms with Crippen LogP contribution in [0, 0.1) is 0 Å². The number of nitrogens with zero attached hydrogens (tertiary/aromatic N) is 1. The first kappa shape index (κ1) is 18.6. The Labute approximate surface area is 161 Å². The van der Waals surface area contributed by atoms with Crippen LogP contribution in [0.3, 0.4) is 0 Å². The van der Waals surface area contributed by atoms with Crippen molar-refractivity contribution in [3.8, 4) is 0 Å². The van der Waals surface area contributed by atoms with Crippen LogP contribution < -0.4 is 5.73 Å². The van der Waals surface area contributed by atoms with Crippen molar-refractivity contribution in [3.63, 3.8) is 0 Å². The van der Waals surface area contributed by atoms with E-state index >= 15 is 0 Å². The Kier molecular flexibility index (Phi) is 5.26. The van der Waals surface area contributed by atoms with Gasteiger partial charge in [0.2, 0.25) is 0 Å². The molecule has 4 rings (SSSR count). The number of fused-ring (bicyclic) bond motifs is 3. The standard InChI is InChI=1S/C21H17N3O2.ClH/c22-11-18-19(21(25)26)16-9-7-14-12-23-15(10-17(14)20(16)24-18)8-6-13-4-2-1-3-5-13;/h1-10,12,24H,11,22H2,(H,25,26);1H. The quantitative estimate of drug-likeness (QED) is 0.488. The van der Waals surface area contributed by atoms with Gasteiger partial charge in [0.05, 0.1) is 16.8 Å². The highest BCUT2D eigenvalue weighted by molar-refractivity contribution is 6.13. The van der Waals surface area contributed by atoms with Gasteiger partial charge in [-0.3, -0.25) is 4.98 Å². The lowest BCUT2D eigenvalue weighted by molar-refractivity contribution is 0.0698. The van der Waals surface area contributed by atoms with Gasteiger partial charge >= 0.3 is 5.97 Å². The van der Waals surface area contributed by atoms with Crippen molar-refractivity contribution in [3.05, 3.63) is 77.2 Å². The molecule has 2 heterocycles. The van der Waals surface area contributed by atoms with Crippen LogP contribution in [0.1, 0.15) is 27.3 Å². The Hall–Kier alpha value is -3.15. The molecule has 4 aromatic rings. The normalized spacial score (nSPS) is 11.1. The van der Waals surface area contributed by atoms with Crippen LogP contribution in [0.5, 0.6) is 0 Å². The van der Waals surface area contributed by atoms with E-state index in [1.54, 1.807) is 12.3 Å². The van der Waals surface area contributed by atoms with Crippen LogP contribution in [0.4, 0.5) is 0 Å². The largest absolute Gasteiger partial charge is 0.478 e. The number of rotatable bonds is 4. The van der Waals surface area contributed by atoms with Crippen LogP contribution in [-0.4, -0.2) is 21.0 Å². The number of hydrogen-bond donors (Lipinski definition) is 3. The van der Waals surface area contributed by atoms with Crippen molar-refractivity contribution in [1.29, 1.82) is 0 Å². The highest BCUT2D eigenvalue weighted by Gasteiger charge is 2.18. The Morgan fingerprint density at radius 2 is 1.89 bits per heavy atom. The zero-order chi connectivity index (χ0) is 18.1.